The number of carbonyl (C=O) groups is 1. The third kappa shape index (κ3) is 3.44. The van der Waals surface area contributed by atoms with Crippen molar-refractivity contribution < 1.29 is 9.53 Å². The Hall–Kier alpha value is -1.82. The number of aromatic nitrogens is 2. The van der Waals surface area contributed by atoms with Gasteiger partial charge in [-0.15, -0.1) is 0 Å². The number of rotatable bonds is 5. The van der Waals surface area contributed by atoms with E-state index in [1.165, 1.54) is 31.2 Å². The van der Waals surface area contributed by atoms with Gasteiger partial charge in [0.1, 0.15) is 0 Å². The molecule has 0 aliphatic rings. The zero-order valence-electron chi connectivity index (χ0n) is 13.1. The molecule has 1 amide bonds. The second kappa shape index (κ2) is 6.30. The molecule has 6 heteroatoms. The Morgan fingerprint density at radius 2 is 2.19 bits per heavy atom. The number of hydrogen-bond donors (Lipinski definition) is 2. The molecule has 1 heterocycles. The minimum Gasteiger partial charge on any atom is -0.453 e. The lowest BCUT2D eigenvalue weighted by Gasteiger charge is -2.23. The quantitative estimate of drug-likeness (QED) is 0.831. The molecular weight excluding hydrogens is 282 g/mol. The number of ether oxygens (including phenoxy) is 1. The molecule has 2 rings (SSSR count). The smallest absolute Gasteiger partial charge is 0.413 e. The highest BCUT2D eigenvalue weighted by Crippen LogP contribution is 2.20. The van der Waals surface area contributed by atoms with Crippen LogP contribution in [0.1, 0.15) is 19.8 Å². The van der Waals surface area contributed by atoms with Crippen LogP contribution in [0.2, 0.25) is 19.1 Å². The van der Waals surface area contributed by atoms with Crippen LogP contribution < -0.4 is 10.5 Å². The monoisotopic (exact) mass is 305 g/mol. The van der Waals surface area contributed by atoms with Crippen LogP contribution in [-0.4, -0.2) is 31.2 Å². The fourth-order valence-electron chi connectivity index (χ4n) is 2.54. The summed E-state index contributed by atoms with van der Waals surface area (Å²) < 4.78 is 4.60. The van der Waals surface area contributed by atoms with E-state index < -0.39 is 14.2 Å². The van der Waals surface area contributed by atoms with Crippen molar-refractivity contribution in [1.29, 1.82) is 0 Å². The highest BCUT2D eigenvalue weighted by molar-refractivity contribution is 6.91. The fraction of sp³-hybridized carbons (Fsp3) is 0.467. The highest BCUT2D eigenvalue weighted by atomic mass is 28.3. The molecule has 0 unspecified atom stereocenters. The predicted octanol–water partition coefficient (Wildman–Crippen LogP) is 3.46. The molecule has 2 aromatic rings. The fourth-order valence-corrected chi connectivity index (χ4v) is 5.42. The van der Waals surface area contributed by atoms with Crippen molar-refractivity contribution in [2.75, 3.05) is 12.4 Å². The minimum absolute atomic E-state index is 0.435. The van der Waals surface area contributed by atoms with E-state index in [1.54, 1.807) is 0 Å². The summed E-state index contributed by atoms with van der Waals surface area (Å²) >= 11 is 0. The van der Waals surface area contributed by atoms with E-state index in [4.69, 9.17) is 0 Å². The molecule has 0 atom stereocenters. The molecular formula is C15H23N3O2Si. The molecule has 0 fully saturated rings. The number of amides is 1. The Morgan fingerprint density at radius 1 is 1.43 bits per heavy atom. The molecule has 0 saturated carbocycles. The van der Waals surface area contributed by atoms with Crippen LogP contribution in [0.25, 0.3) is 11.0 Å². The largest absolute Gasteiger partial charge is 0.453 e. The van der Waals surface area contributed by atoms with E-state index in [0.717, 1.165) is 11.0 Å². The topological polar surface area (TPSA) is 67.0 Å². The van der Waals surface area contributed by atoms with Crippen molar-refractivity contribution in [3.63, 3.8) is 0 Å². The van der Waals surface area contributed by atoms with Gasteiger partial charge >= 0.3 is 6.09 Å². The maximum Gasteiger partial charge on any atom is 0.413 e. The molecule has 0 saturated heterocycles. The normalized spacial score (nSPS) is 11.6. The zero-order chi connectivity index (χ0) is 15.5. The number of carbonyl (C=O) groups excluding carboxylic acids is 1. The van der Waals surface area contributed by atoms with Gasteiger partial charge in [0.2, 0.25) is 5.95 Å². The number of anilines is 1. The third-order valence-electron chi connectivity index (χ3n) is 3.80. The lowest BCUT2D eigenvalue weighted by molar-refractivity contribution is 0.186. The van der Waals surface area contributed by atoms with E-state index in [1.807, 2.05) is 6.07 Å². The summed E-state index contributed by atoms with van der Waals surface area (Å²) in [6.45, 7) is 6.97. The molecule has 1 aromatic carbocycles. The molecule has 21 heavy (non-hydrogen) atoms. The first-order valence-electron chi connectivity index (χ1n) is 7.32. The van der Waals surface area contributed by atoms with Gasteiger partial charge in [-0.25, -0.2) is 9.78 Å². The first-order valence-corrected chi connectivity index (χ1v) is 10.5. The average Bonchev–Trinajstić information content (AvgIpc) is 2.86. The number of methoxy groups -OCH3 is 1. The Kier molecular flexibility index (Phi) is 4.67. The summed E-state index contributed by atoms with van der Waals surface area (Å²) in [6.07, 6.45) is 1.94. The van der Waals surface area contributed by atoms with Gasteiger partial charge in [0.15, 0.2) is 0 Å². The molecule has 114 valence electrons. The highest BCUT2D eigenvalue weighted by Gasteiger charge is 2.26. The van der Waals surface area contributed by atoms with Gasteiger partial charge < -0.3 is 9.72 Å². The minimum atomic E-state index is -1.53. The molecule has 0 aliphatic carbocycles. The number of unbranched alkanes of at least 4 members (excludes halogenated alkanes) is 1. The zero-order valence-corrected chi connectivity index (χ0v) is 14.1. The number of nitrogens with one attached hydrogen (secondary N) is 2. The number of imidazole rings is 1. The van der Waals surface area contributed by atoms with E-state index in [-0.39, 0.29) is 0 Å². The Bertz CT molecular complexity index is 637. The van der Waals surface area contributed by atoms with Crippen LogP contribution in [0.15, 0.2) is 18.2 Å². The second-order valence-electron chi connectivity index (χ2n) is 5.89. The Morgan fingerprint density at radius 3 is 2.86 bits per heavy atom. The van der Waals surface area contributed by atoms with E-state index >= 15 is 0 Å². The summed E-state index contributed by atoms with van der Waals surface area (Å²) in [5.41, 5.74) is 1.92. The molecule has 0 radical (unpaired) electrons. The second-order valence-corrected chi connectivity index (χ2v) is 10.7. The Balaban J connectivity index is 2.38. The van der Waals surface area contributed by atoms with Crippen molar-refractivity contribution in [2.24, 2.45) is 0 Å². The van der Waals surface area contributed by atoms with E-state index in [0.29, 0.717) is 5.95 Å². The van der Waals surface area contributed by atoms with E-state index in [9.17, 15) is 4.79 Å². The number of benzene rings is 1. The number of hydrogen-bond acceptors (Lipinski definition) is 3. The van der Waals surface area contributed by atoms with Gasteiger partial charge in [0.25, 0.3) is 0 Å². The summed E-state index contributed by atoms with van der Waals surface area (Å²) in [7, 11) is -0.189. The maximum absolute atomic E-state index is 11.3. The van der Waals surface area contributed by atoms with Gasteiger partial charge in [-0.1, -0.05) is 51.0 Å². The standard InChI is InChI=1S/C15H23N3O2Si/c1-5-6-10-21(3,4)12-9-7-8-11-13(12)17-14(16-11)18-15(19)20-2/h7-9H,5-6,10H2,1-4H3,(H2,16,17,18,19). The van der Waals surface area contributed by atoms with Crippen molar-refractivity contribution >= 4 is 36.3 Å². The van der Waals surface area contributed by atoms with Crippen molar-refractivity contribution in [3.05, 3.63) is 18.2 Å². The summed E-state index contributed by atoms with van der Waals surface area (Å²) in [6, 6.07) is 7.46. The summed E-state index contributed by atoms with van der Waals surface area (Å²) in [4.78, 5) is 19.0. The van der Waals surface area contributed by atoms with E-state index in [2.05, 4.69) is 52.2 Å². The van der Waals surface area contributed by atoms with Gasteiger partial charge in [-0.2, -0.15) is 0 Å². The van der Waals surface area contributed by atoms with Crippen LogP contribution >= 0.6 is 0 Å². The molecule has 2 N–H and O–H groups in total. The average molecular weight is 305 g/mol. The van der Waals surface area contributed by atoms with Gasteiger partial charge in [-0.3, -0.25) is 5.32 Å². The maximum atomic E-state index is 11.3. The van der Waals surface area contributed by atoms with Gasteiger partial charge in [-0.05, 0) is 11.3 Å². The predicted molar refractivity (Wildman–Crippen MR) is 89.0 cm³/mol. The number of H-pyrrole nitrogens is 1. The molecule has 5 nitrogen and oxygen atoms in total. The SMILES string of the molecule is CCCC[Si](C)(C)c1cccc2[nH]c(NC(=O)OC)nc12. The van der Waals surface area contributed by atoms with Gasteiger partial charge in [0, 0.05) is 0 Å². The summed E-state index contributed by atoms with van der Waals surface area (Å²) in [5, 5.41) is 3.93. The van der Waals surface area contributed by atoms with Crippen LogP contribution in [0.4, 0.5) is 10.7 Å². The lowest BCUT2D eigenvalue weighted by Crippen LogP contribution is -2.41. The van der Waals surface area contributed by atoms with Crippen molar-refractivity contribution in [3.8, 4) is 0 Å². The van der Waals surface area contributed by atoms with Crippen LogP contribution in [-0.2, 0) is 4.74 Å². The number of para-hydroxylation sites is 1. The number of aromatic amines is 1. The lowest BCUT2D eigenvalue weighted by atomic mass is 10.3. The van der Waals surface area contributed by atoms with Crippen molar-refractivity contribution in [2.45, 2.75) is 38.9 Å². The van der Waals surface area contributed by atoms with Crippen LogP contribution in [0.5, 0.6) is 0 Å². The summed E-state index contributed by atoms with van der Waals surface area (Å²) in [5.74, 6) is 0.435. The number of nitrogens with zero attached hydrogens (tertiary/aromatic N) is 1. The first kappa shape index (κ1) is 15.6. The molecule has 0 spiro atoms. The number of fused-ring (bicyclic) bond motifs is 1. The first-order chi connectivity index (χ1) is 9.97. The Labute approximate surface area is 126 Å². The van der Waals surface area contributed by atoms with Crippen LogP contribution in [0, 0.1) is 0 Å². The van der Waals surface area contributed by atoms with Crippen molar-refractivity contribution in [1.82, 2.24) is 9.97 Å². The molecule has 1 aromatic heterocycles. The third-order valence-corrected chi connectivity index (χ3v) is 7.27. The molecule has 0 bridgehead atoms. The van der Waals surface area contributed by atoms with Gasteiger partial charge in [0.05, 0.1) is 26.2 Å². The van der Waals surface area contributed by atoms with Crippen LogP contribution in [0.3, 0.4) is 0 Å². The molecule has 0 aliphatic heterocycles.